The number of phosphoric ester groups is 2. The number of phosphoric acid groups is 2. The number of ether oxygens (including phenoxy) is 4. The summed E-state index contributed by atoms with van der Waals surface area (Å²) in [5.74, 6) is -0.0535. The molecule has 0 aromatic heterocycles. The maximum atomic E-state index is 13.0. The monoisotopic (exact) mass is 1280 g/mol. The minimum Gasteiger partial charge on any atom is -0.462 e. The van der Waals surface area contributed by atoms with Crippen LogP contribution in [0.2, 0.25) is 0 Å². The van der Waals surface area contributed by atoms with Crippen LogP contribution in [0.1, 0.15) is 312 Å². The standard InChI is InChI=1S/C68H128O17P2/c1-8-9-10-11-12-13-14-15-16-17-20-24-27-37-44-51-67(72)84-63(56-79-66(71)50-43-36-30-28-33-40-47-60(4)5)57-82-86(74,75)80-53-62(69)54-81-87(76,77)83-58-64(85-68(73)52-45-38-31-29-34-41-48-61(6)7)55-78-65(70)49-42-35-26-23-21-18-19-22-25-32-39-46-59(2)3/h13-16,59-64,69H,8-12,17-58H2,1-7H3,(H,74,75)(H,76,77)/b14-13-,16-15-/t62-,63+,64+/m0/s1. The van der Waals surface area contributed by atoms with Gasteiger partial charge in [-0.3, -0.25) is 37.3 Å². The SMILES string of the molecule is CCCCCC/C=C\C=C/CCCCCCCC(=O)O[C@H](COC(=O)CCCCCCCCC(C)C)COP(=O)(O)OC[C@H](O)COP(=O)(O)OC[C@@H](COC(=O)CCCCCCCCCCCCCC(C)C)OC(=O)CCCCCCCCC(C)C. The Balaban J connectivity index is 5.24. The first-order valence-electron chi connectivity index (χ1n) is 34.7. The Kier molecular flexibility index (Phi) is 57.0. The summed E-state index contributed by atoms with van der Waals surface area (Å²) in [6, 6.07) is 0. The zero-order chi connectivity index (χ0) is 64.5. The molecule has 0 aliphatic rings. The van der Waals surface area contributed by atoms with Crippen LogP contribution in [0.15, 0.2) is 24.3 Å². The number of rotatable bonds is 64. The van der Waals surface area contributed by atoms with Crippen LogP contribution in [0, 0.1) is 17.8 Å². The molecule has 5 atom stereocenters. The number of carbonyl (C=O) groups is 4. The molecular formula is C68H128O17P2. The molecule has 0 saturated carbocycles. The molecule has 0 aliphatic carbocycles. The number of carbonyl (C=O) groups excluding carboxylic acids is 4. The zero-order valence-corrected chi connectivity index (χ0v) is 57.7. The predicted octanol–water partition coefficient (Wildman–Crippen LogP) is 18.6. The van der Waals surface area contributed by atoms with E-state index in [0.29, 0.717) is 37.5 Å². The van der Waals surface area contributed by atoms with Crippen LogP contribution in [0.5, 0.6) is 0 Å². The predicted molar refractivity (Wildman–Crippen MR) is 349 cm³/mol. The Morgan fingerprint density at radius 2 is 0.621 bits per heavy atom. The van der Waals surface area contributed by atoms with Gasteiger partial charge < -0.3 is 33.8 Å². The van der Waals surface area contributed by atoms with Crippen molar-refractivity contribution in [2.24, 2.45) is 17.8 Å². The van der Waals surface area contributed by atoms with Crippen molar-refractivity contribution >= 4 is 39.5 Å². The summed E-state index contributed by atoms with van der Waals surface area (Å²) >= 11 is 0. The van der Waals surface area contributed by atoms with Gasteiger partial charge in [0.15, 0.2) is 12.2 Å². The summed E-state index contributed by atoms with van der Waals surface area (Å²) < 4.78 is 68.1. The van der Waals surface area contributed by atoms with Crippen molar-refractivity contribution in [1.29, 1.82) is 0 Å². The van der Waals surface area contributed by atoms with E-state index in [2.05, 4.69) is 72.8 Å². The molecule has 19 heteroatoms. The van der Waals surface area contributed by atoms with Crippen LogP contribution >= 0.6 is 15.6 Å². The molecule has 0 aliphatic heterocycles. The molecule has 0 rings (SSSR count). The Hall–Kier alpha value is -2.46. The lowest BCUT2D eigenvalue weighted by atomic mass is 10.0. The molecule has 0 amide bonds. The van der Waals surface area contributed by atoms with E-state index in [0.717, 1.165) is 115 Å². The smallest absolute Gasteiger partial charge is 0.462 e. The van der Waals surface area contributed by atoms with Gasteiger partial charge in [-0.05, 0) is 69.1 Å². The van der Waals surface area contributed by atoms with Crippen LogP contribution in [0.25, 0.3) is 0 Å². The van der Waals surface area contributed by atoms with Crippen molar-refractivity contribution in [1.82, 2.24) is 0 Å². The molecule has 0 spiro atoms. The van der Waals surface area contributed by atoms with E-state index in [1.807, 2.05) is 0 Å². The summed E-state index contributed by atoms with van der Waals surface area (Å²) in [6.45, 7) is 11.6. The summed E-state index contributed by atoms with van der Waals surface area (Å²) in [5, 5.41) is 10.6. The first-order valence-corrected chi connectivity index (χ1v) is 37.7. The first-order chi connectivity index (χ1) is 41.7. The van der Waals surface area contributed by atoms with Crippen molar-refractivity contribution in [2.75, 3.05) is 39.6 Å². The lowest BCUT2D eigenvalue weighted by molar-refractivity contribution is -0.161. The third-order valence-electron chi connectivity index (χ3n) is 15.0. The number of aliphatic hydroxyl groups excluding tert-OH is 1. The zero-order valence-electron chi connectivity index (χ0n) is 56.0. The lowest BCUT2D eigenvalue weighted by Gasteiger charge is -2.21. The molecule has 0 saturated heterocycles. The van der Waals surface area contributed by atoms with E-state index in [1.165, 1.54) is 103 Å². The van der Waals surface area contributed by atoms with Gasteiger partial charge in [-0.1, -0.05) is 259 Å². The van der Waals surface area contributed by atoms with Crippen molar-refractivity contribution in [2.45, 2.75) is 330 Å². The van der Waals surface area contributed by atoms with Crippen LogP contribution in [0.4, 0.5) is 0 Å². The molecule has 0 radical (unpaired) electrons. The summed E-state index contributed by atoms with van der Waals surface area (Å²) in [6.07, 6.45) is 44.2. The minimum atomic E-state index is -4.96. The molecule has 87 heavy (non-hydrogen) atoms. The molecule has 3 N–H and O–H groups in total. The van der Waals surface area contributed by atoms with Crippen LogP contribution in [-0.2, 0) is 65.4 Å². The highest BCUT2D eigenvalue weighted by Crippen LogP contribution is 2.45. The minimum absolute atomic E-state index is 0.0833. The van der Waals surface area contributed by atoms with E-state index in [4.69, 9.17) is 37.0 Å². The van der Waals surface area contributed by atoms with Crippen molar-refractivity contribution in [3.05, 3.63) is 24.3 Å². The summed E-state index contributed by atoms with van der Waals surface area (Å²) in [7, 11) is -9.91. The van der Waals surface area contributed by atoms with Gasteiger partial charge in [-0.25, -0.2) is 9.13 Å². The second kappa shape index (κ2) is 58.6. The van der Waals surface area contributed by atoms with E-state index in [1.54, 1.807) is 0 Å². The molecular weight excluding hydrogens is 1150 g/mol. The molecule has 0 heterocycles. The van der Waals surface area contributed by atoms with Gasteiger partial charge in [0.25, 0.3) is 0 Å². The van der Waals surface area contributed by atoms with Gasteiger partial charge in [0, 0.05) is 25.7 Å². The average molecular weight is 1280 g/mol. The third kappa shape index (κ3) is 62.1. The number of allylic oxidation sites excluding steroid dienone is 4. The fourth-order valence-electron chi connectivity index (χ4n) is 9.65. The average Bonchev–Trinajstić information content (AvgIpc) is 3.65. The number of hydrogen-bond donors (Lipinski definition) is 3. The highest BCUT2D eigenvalue weighted by molar-refractivity contribution is 7.47. The Morgan fingerprint density at radius 3 is 0.931 bits per heavy atom. The maximum Gasteiger partial charge on any atom is 0.472 e. The second-order valence-electron chi connectivity index (χ2n) is 25.3. The van der Waals surface area contributed by atoms with E-state index >= 15 is 0 Å². The number of hydrogen-bond acceptors (Lipinski definition) is 15. The first kappa shape index (κ1) is 84.5. The van der Waals surface area contributed by atoms with E-state index in [-0.39, 0.29) is 25.7 Å². The van der Waals surface area contributed by atoms with Crippen molar-refractivity contribution in [3.63, 3.8) is 0 Å². The number of unbranched alkanes of at least 4 members (excludes halogenated alkanes) is 29. The second-order valence-corrected chi connectivity index (χ2v) is 28.2. The molecule has 0 bridgehead atoms. The maximum absolute atomic E-state index is 13.0. The quantitative estimate of drug-likeness (QED) is 0.0169. The number of esters is 4. The summed E-state index contributed by atoms with van der Waals surface area (Å²) in [5.41, 5.74) is 0. The van der Waals surface area contributed by atoms with Gasteiger partial charge in [0.1, 0.15) is 19.3 Å². The van der Waals surface area contributed by atoms with Crippen molar-refractivity contribution < 1.29 is 80.2 Å². The lowest BCUT2D eigenvalue weighted by Crippen LogP contribution is -2.30. The third-order valence-corrected chi connectivity index (χ3v) is 16.9. The fraction of sp³-hybridized carbons (Fsp3) is 0.882. The molecule has 0 fully saturated rings. The molecule has 0 aromatic rings. The van der Waals surface area contributed by atoms with Gasteiger partial charge in [-0.15, -0.1) is 0 Å². The van der Waals surface area contributed by atoms with Crippen LogP contribution < -0.4 is 0 Å². The largest absolute Gasteiger partial charge is 0.472 e. The Labute approximate surface area is 529 Å². The Morgan fingerprint density at radius 1 is 0.356 bits per heavy atom. The van der Waals surface area contributed by atoms with Gasteiger partial charge in [0.2, 0.25) is 0 Å². The van der Waals surface area contributed by atoms with E-state index < -0.39 is 97.5 Å². The van der Waals surface area contributed by atoms with Gasteiger partial charge in [0.05, 0.1) is 26.4 Å². The summed E-state index contributed by atoms with van der Waals surface area (Å²) in [4.78, 5) is 72.3. The van der Waals surface area contributed by atoms with Crippen LogP contribution in [-0.4, -0.2) is 96.7 Å². The van der Waals surface area contributed by atoms with Crippen LogP contribution in [0.3, 0.4) is 0 Å². The fourth-order valence-corrected chi connectivity index (χ4v) is 11.2. The van der Waals surface area contributed by atoms with Gasteiger partial charge in [-0.2, -0.15) is 0 Å². The highest BCUT2D eigenvalue weighted by Gasteiger charge is 2.30. The molecule has 17 nitrogen and oxygen atoms in total. The molecule has 2 unspecified atom stereocenters. The number of aliphatic hydroxyl groups is 1. The molecule has 0 aromatic carbocycles. The normalized spacial score (nSPS) is 14.4. The molecule has 512 valence electrons. The Bertz CT molecular complexity index is 1810. The van der Waals surface area contributed by atoms with Crippen molar-refractivity contribution in [3.8, 4) is 0 Å². The highest BCUT2D eigenvalue weighted by atomic mass is 31.2. The topological polar surface area (TPSA) is 237 Å². The van der Waals surface area contributed by atoms with Gasteiger partial charge >= 0.3 is 39.5 Å². The van der Waals surface area contributed by atoms with E-state index in [9.17, 15) is 43.2 Å².